The molecule has 1 N–H and O–H groups in total. The first-order valence-corrected chi connectivity index (χ1v) is 10.1. The molecule has 1 aliphatic rings. The lowest BCUT2D eigenvalue weighted by Crippen LogP contribution is -2.34. The summed E-state index contributed by atoms with van der Waals surface area (Å²) in [4.78, 5) is 25.5. The molecule has 1 saturated carbocycles. The van der Waals surface area contributed by atoms with E-state index in [1.54, 1.807) is 16.7 Å². The van der Waals surface area contributed by atoms with E-state index in [2.05, 4.69) is 10.4 Å². The van der Waals surface area contributed by atoms with Gasteiger partial charge in [-0.1, -0.05) is 41.4 Å². The van der Waals surface area contributed by atoms with Crippen molar-refractivity contribution < 1.29 is 4.79 Å². The van der Waals surface area contributed by atoms with Crippen molar-refractivity contribution in [1.29, 1.82) is 0 Å². The Labute approximate surface area is 174 Å². The molecule has 1 aromatic heterocycles. The second kappa shape index (κ2) is 7.87. The molecule has 0 bridgehead atoms. The van der Waals surface area contributed by atoms with Crippen LogP contribution in [0.1, 0.15) is 43.0 Å². The number of nitrogens with one attached hydrogen (secondary N) is 1. The standard InChI is InChI=1S/C22H23ClN4O2/c1-14-3-5-16(6-4-14)15(2)24-20(28)13-26-22(29)27(19-11-12-19)21(25-26)17-7-9-18(23)10-8-17/h3-10,15,19H,11-13H2,1-2H3,(H,24,28)/t15-/m1/s1. The van der Waals surface area contributed by atoms with Gasteiger partial charge in [-0.2, -0.15) is 0 Å². The van der Waals surface area contributed by atoms with Crippen molar-refractivity contribution in [3.8, 4) is 11.4 Å². The van der Waals surface area contributed by atoms with Gasteiger partial charge in [0, 0.05) is 16.6 Å². The number of halogens is 1. The predicted molar refractivity (Wildman–Crippen MR) is 113 cm³/mol. The fourth-order valence-corrected chi connectivity index (χ4v) is 3.47. The maximum Gasteiger partial charge on any atom is 0.346 e. The first-order chi connectivity index (χ1) is 13.9. The molecule has 6 nitrogen and oxygen atoms in total. The SMILES string of the molecule is Cc1ccc([C@@H](C)NC(=O)Cn2nc(-c3ccc(Cl)cc3)n(C3CC3)c2=O)cc1. The lowest BCUT2D eigenvalue weighted by atomic mass is 10.1. The van der Waals surface area contributed by atoms with Gasteiger partial charge in [0.15, 0.2) is 5.82 Å². The highest BCUT2D eigenvalue weighted by molar-refractivity contribution is 6.30. The van der Waals surface area contributed by atoms with Crippen molar-refractivity contribution in [1.82, 2.24) is 19.7 Å². The van der Waals surface area contributed by atoms with Gasteiger partial charge >= 0.3 is 5.69 Å². The quantitative estimate of drug-likeness (QED) is 0.670. The van der Waals surface area contributed by atoms with Crippen LogP contribution in [0.5, 0.6) is 0 Å². The number of carbonyl (C=O) groups excluding carboxylic acids is 1. The lowest BCUT2D eigenvalue weighted by molar-refractivity contribution is -0.122. The van der Waals surface area contributed by atoms with Crippen molar-refractivity contribution in [2.24, 2.45) is 0 Å². The lowest BCUT2D eigenvalue weighted by Gasteiger charge is -2.14. The molecule has 1 aliphatic carbocycles. The van der Waals surface area contributed by atoms with Crippen LogP contribution >= 0.6 is 11.6 Å². The van der Waals surface area contributed by atoms with E-state index in [0.29, 0.717) is 10.8 Å². The molecule has 0 saturated heterocycles. The van der Waals surface area contributed by atoms with Crippen molar-refractivity contribution in [3.05, 3.63) is 75.2 Å². The molecule has 1 fully saturated rings. The van der Waals surface area contributed by atoms with E-state index in [4.69, 9.17) is 11.6 Å². The van der Waals surface area contributed by atoms with E-state index in [1.165, 1.54) is 10.2 Å². The minimum atomic E-state index is -0.254. The summed E-state index contributed by atoms with van der Waals surface area (Å²) in [6.45, 7) is 3.83. The van der Waals surface area contributed by atoms with Crippen molar-refractivity contribution in [3.63, 3.8) is 0 Å². The Morgan fingerprint density at radius 2 is 1.83 bits per heavy atom. The highest BCUT2D eigenvalue weighted by Crippen LogP contribution is 2.36. The Kier molecular flexibility index (Phi) is 5.28. The van der Waals surface area contributed by atoms with Gasteiger partial charge in [0.2, 0.25) is 5.91 Å². The zero-order valence-electron chi connectivity index (χ0n) is 16.4. The van der Waals surface area contributed by atoms with E-state index in [0.717, 1.165) is 24.0 Å². The van der Waals surface area contributed by atoms with Gasteiger partial charge in [-0.15, -0.1) is 5.10 Å². The number of benzene rings is 2. The minimum absolute atomic E-state index is 0.116. The van der Waals surface area contributed by atoms with Crippen LogP contribution in [0.25, 0.3) is 11.4 Å². The number of amides is 1. The molecule has 7 heteroatoms. The molecule has 0 unspecified atom stereocenters. The van der Waals surface area contributed by atoms with E-state index in [-0.39, 0.29) is 30.2 Å². The summed E-state index contributed by atoms with van der Waals surface area (Å²) < 4.78 is 2.94. The van der Waals surface area contributed by atoms with Crippen molar-refractivity contribution in [2.45, 2.75) is 45.3 Å². The molecule has 0 spiro atoms. The molecular weight excluding hydrogens is 388 g/mol. The van der Waals surface area contributed by atoms with Gasteiger partial charge in [-0.05, 0) is 56.5 Å². The van der Waals surface area contributed by atoms with E-state index in [1.807, 2.05) is 50.2 Å². The second-order valence-corrected chi connectivity index (χ2v) is 8.01. The van der Waals surface area contributed by atoms with Crippen LogP contribution < -0.4 is 11.0 Å². The number of nitrogens with zero attached hydrogens (tertiary/aromatic N) is 3. The first-order valence-electron chi connectivity index (χ1n) is 9.73. The molecule has 2 aromatic carbocycles. The highest BCUT2D eigenvalue weighted by Gasteiger charge is 2.30. The Bertz CT molecular complexity index is 1080. The van der Waals surface area contributed by atoms with Crippen molar-refractivity contribution >= 4 is 17.5 Å². The van der Waals surface area contributed by atoms with Gasteiger partial charge in [-0.3, -0.25) is 9.36 Å². The summed E-state index contributed by atoms with van der Waals surface area (Å²) in [5.41, 5.74) is 2.74. The molecular formula is C22H23ClN4O2. The number of aryl methyl sites for hydroxylation is 1. The summed E-state index contributed by atoms with van der Waals surface area (Å²) in [5, 5.41) is 8.04. The maximum absolute atomic E-state index is 12.9. The first kappa shape index (κ1) is 19.5. The highest BCUT2D eigenvalue weighted by atomic mass is 35.5. The van der Waals surface area contributed by atoms with E-state index < -0.39 is 0 Å². The Morgan fingerprint density at radius 1 is 1.17 bits per heavy atom. The summed E-state index contributed by atoms with van der Waals surface area (Å²) in [7, 11) is 0. The molecule has 150 valence electrons. The van der Waals surface area contributed by atoms with Gasteiger partial charge in [-0.25, -0.2) is 9.48 Å². The Hall–Kier alpha value is -2.86. The summed E-state index contributed by atoms with van der Waals surface area (Å²) in [6.07, 6.45) is 1.89. The number of aromatic nitrogens is 3. The molecule has 0 aliphatic heterocycles. The van der Waals surface area contributed by atoms with Crippen LogP contribution in [0.4, 0.5) is 0 Å². The van der Waals surface area contributed by atoms with E-state index in [9.17, 15) is 9.59 Å². The molecule has 29 heavy (non-hydrogen) atoms. The molecule has 1 heterocycles. The maximum atomic E-state index is 12.9. The van der Waals surface area contributed by atoms with Crippen LogP contribution in [0.2, 0.25) is 5.02 Å². The summed E-state index contributed by atoms with van der Waals surface area (Å²) in [5.74, 6) is 0.330. The van der Waals surface area contributed by atoms with Crippen LogP contribution in [0.3, 0.4) is 0 Å². The normalized spacial score (nSPS) is 14.6. The van der Waals surface area contributed by atoms with Gasteiger partial charge in [0.25, 0.3) is 0 Å². The third-order valence-electron chi connectivity index (χ3n) is 5.13. The van der Waals surface area contributed by atoms with Crippen LogP contribution in [-0.2, 0) is 11.3 Å². The van der Waals surface area contributed by atoms with Crippen LogP contribution in [-0.4, -0.2) is 20.3 Å². The van der Waals surface area contributed by atoms with E-state index >= 15 is 0 Å². The largest absolute Gasteiger partial charge is 0.348 e. The molecule has 3 aromatic rings. The average molecular weight is 411 g/mol. The minimum Gasteiger partial charge on any atom is -0.348 e. The third-order valence-corrected chi connectivity index (χ3v) is 5.39. The predicted octanol–water partition coefficient (Wildman–Crippen LogP) is 3.89. The Balaban J connectivity index is 1.55. The topological polar surface area (TPSA) is 68.9 Å². The van der Waals surface area contributed by atoms with Crippen LogP contribution in [0, 0.1) is 6.92 Å². The molecule has 1 amide bonds. The molecule has 0 radical (unpaired) electrons. The smallest absolute Gasteiger partial charge is 0.346 e. The molecule has 1 atom stereocenters. The third kappa shape index (κ3) is 4.27. The second-order valence-electron chi connectivity index (χ2n) is 7.57. The average Bonchev–Trinajstić information content (AvgIpc) is 3.48. The summed E-state index contributed by atoms with van der Waals surface area (Å²) >= 11 is 5.98. The summed E-state index contributed by atoms with van der Waals surface area (Å²) in [6, 6.07) is 15.2. The monoisotopic (exact) mass is 410 g/mol. The zero-order chi connectivity index (χ0) is 20.5. The fraction of sp³-hybridized carbons (Fsp3) is 0.318. The Morgan fingerprint density at radius 3 is 2.45 bits per heavy atom. The van der Waals surface area contributed by atoms with Gasteiger partial charge in [0.1, 0.15) is 6.54 Å². The number of hydrogen-bond donors (Lipinski definition) is 1. The van der Waals surface area contributed by atoms with Crippen LogP contribution in [0.15, 0.2) is 53.3 Å². The fourth-order valence-electron chi connectivity index (χ4n) is 3.34. The molecule has 4 rings (SSSR count). The number of hydrogen-bond acceptors (Lipinski definition) is 3. The number of rotatable bonds is 6. The van der Waals surface area contributed by atoms with Gasteiger partial charge in [0.05, 0.1) is 6.04 Å². The van der Waals surface area contributed by atoms with Gasteiger partial charge < -0.3 is 5.32 Å². The van der Waals surface area contributed by atoms with Crippen molar-refractivity contribution in [2.75, 3.05) is 0 Å². The number of carbonyl (C=O) groups is 1. The zero-order valence-corrected chi connectivity index (χ0v) is 17.2.